The van der Waals surface area contributed by atoms with Crippen LogP contribution in [0, 0.1) is 0 Å². The van der Waals surface area contributed by atoms with Gasteiger partial charge in [0.25, 0.3) is 5.91 Å². The van der Waals surface area contributed by atoms with Crippen LogP contribution in [0.5, 0.6) is 11.5 Å². The fourth-order valence-corrected chi connectivity index (χ4v) is 4.35. The third-order valence-corrected chi connectivity index (χ3v) is 6.22. The van der Waals surface area contributed by atoms with E-state index in [-0.39, 0.29) is 29.2 Å². The van der Waals surface area contributed by atoms with E-state index in [4.69, 9.17) is 25.8 Å². The monoisotopic (exact) mass is 490 g/mol. The molecule has 186 valence electrons. The van der Waals surface area contributed by atoms with Crippen LogP contribution in [0.15, 0.2) is 36.4 Å². The van der Waals surface area contributed by atoms with Gasteiger partial charge in [-0.05, 0) is 42.9 Å². The van der Waals surface area contributed by atoms with E-state index in [1.807, 2.05) is 25.1 Å². The lowest BCUT2D eigenvalue weighted by Crippen LogP contribution is -2.37. The van der Waals surface area contributed by atoms with Gasteiger partial charge in [0.05, 0.1) is 24.8 Å². The van der Waals surface area contributed by atoms with Gasteiger partial charge in [-0.1, -0.05) is 48.9 Å². The number of aromatic hydroxyl groups is 1. The Bertz CT molecular complexity index is 925. The second-order valence-electron chi connectivity index (χ2n) is 8.42. The summed E-state index contributed by atoms with van der Waals surface area (Å²) in [6.07, 6.45) is 3.38. The number of benzene rings is 2. The van der Waals surface area contributed by atoms with Crippen LogP contribution in [0.1, 0.15) is 47.7 Å². The largest absolute Gasteiger partial charge is 0.507 e. The molecule has 2 aromatic rings. The summed E-state index contributed by atoms with van der Waals surface area (Å²) in [7, 11) is 1.43. The summed E-state index contributed by atoms with van der Waals surface area (Å²) in [6, 6.07) is 11.9. The van der Waals surface area contributed by atoms with Crippen molar-refractivity contribution in [2.24, 2.45) is 0 Å². The molecule has 0 radical (unpaired) electrons. The number of halogens is 1. The zero-order valence-corrected chi connectivity index (χ0v) is 20.7. The molecule has 0 unspecified atom stereocenters. The van der Waals surface area contributed by atoms with Crippen molar-refractivity contribution in [3.63, 3.8) is 0 Å². The van der Waals surface area contributed by atoms with Crippen LogP contribution in [0.2, 0.25) is 5.02 Å². The highest BCUT2D eigenvalue weighted by Crippen LogP contribution is 2.38. The third kappa shape index (κ3) is 7.34. The van der Waals surface area contributed by atoms with Crippen molar-refractivity contribution in [3.8, 4) is 11.5 Å². The molecule has 2 aromatic carbocycles. The number of rotatable bonds is 13. The van der Waals surface area contributed by atoms with Gasteiger partial charge < -0.3 is 30.0 Å². The molecule has 1 heterocycles. The maximum atomic E-state index is 12.8. The van der Waals surface area contributed by atoms with E-state index < -0.39 is 5.91 Å². The molecule has 1 amide bonds. The van der Waals surface area contributed by atoms with E-state index >= 15 is 0 Å². The number of hydrogen-bond donors (Lipinski definition) is 3. The van der Waals surface area contributed by atoms with E-state index in [0.29, 0.717) is 36.8 Å². The zero-order chi connectivity index (χ0) is 24.3. The summed E-state index contributed by atoms with van der Waals surface area (Å²) in [4.78, 5) is 12.8. The van der Waals surface area contributed by atoms with Gasteiger partial charge >= 0.3 is 0 Å². The Kier molecular flexibility index (Phi) is 10.5. The number of unbranched alkanes of at least 4 members (excludes halogenated alkanes) is 1. The van der Waals surface area contributed by atoms with Gasteiger partial charge in [-0.3, -0.25) is 4.79 Å². The van der Waals surface area contributed by atoms with E-state index in [9.17, 15) is 9.90 Å². The standard InChI is InChI=1S/C26H35ClN2O5/c1-3-19-13-22(27)25(32-2)23(24(19)30)26(31)29-15-20-14-21(16-28-20)34-12-8-7-11-33-17-18-9-5-4-6-10-18/h4-6,9-10,13,20-21,28,30H,3,7-8,11-12,14-17H2,1-2H3,(H,29,31)/t20-,21+/m0/s1. The highest BCUT2D eigenvalue weighted by molar-refractivity contribution is 6.33. The van der Waals surface area contributed by atoms with Crippen molar-refractivity contribution in [1.29, 1.82) is 0 Å². The van der Waals surface area contributed by atoms with Crippen LogP contribution in [0.3, 0.4) is 0 Å². The molecule has 0 bridgehead atoms. The number of phenols is 1. The second-order valence-corrected chi connectivity index (χ2v) is 8.82. The number of amides is 1. The van der Waals surface area contributed by atoms with Crippen LogP contribution in [-0.2, 0) is 22.5 Å². The fraction of sp³-hybridized carbons (Fsp3) is 0.500. The molecule has 1 saturated heterocycles. The SMILES string of the molecule is CCc1cc(Cl)c(OC)c(C(=O)NC[C@@H]2C[C@@H](OCCCCOCc3ccccc3)CN2)c1O. The Morgan fingerprint density at radius 2 is 2.00 bits per heavy atom. The second kappa shape index (κ2) is 13.5. The topological polar surface area (TPSA) is 89.1 Å². The summed E-state index contributed by atoms with van der Waals surface area (Å²) in [5.41, 5.74) is 1.87. The predicted octanol–water partition coefficient (Wildman–Crippen LogP) is 4.09. The van der Waals surface area contributed by atoms with Crippen molar-refractivity contribution >= 4 is 17.5 Å². The van der Waals surface area contributed by atoms with Crippen LogP contribution < -0.4 is 15.4 Å². The molecule has 0 saturated carbocycles. The highest BCUT2D eigenvalue weighted by Gasteiger charge is 2.27. The molecular formula is C26H35ClN2O5. The first-order valence-electron chi connectivity index (χ1n) is 11.9. The summed E-state index contributed by atoms with van der Waals surface area (Å²) in [5, 5.41) is 17.1. The minimum absolute atomic E-state index is 0.0760. The zero-order valence-electron chi connectivity index (χ0n) is 19.9. The van der Waals surface area contributed by atoms with Crippen molar-refractivity contribution in [2.75, 3.05) is 33.4 Å². The summed E-state index contributed by atoms with van der Waals surface area (Å²) >= 11 is 6.24. The number of methoxy groups -OCH3 is 1. The predicted molar refractivity (Wildman–Crippen MR) is 133 cm³/mol. The first-order chi connectivity index (χ1) is 16.5. The molecule has 8 heteroatoms. The summed E-state index contributed by atoms with van der Waals surface area (Å²) in [6.45, 7) is 5.10. The smallest absolute Gasteiger partial charge is 0.258 e. The maximum absolute atomic E-state index is 12.8. The number of carbonyl (C=O) groups excluding carboxylic acids is 1. The number of nitrogens with one attached hydrogen (secondary N) is 2. The quantitative estimate of drug-likeness (QED) is 0.366. The Morgan fingerprint density at radius 3 is 2.74 bits per heavy atom. The van der Waals surface area contributed by atoms with Crippen molar-refractivity contribution in [2.45, 2.75) is 51.4 Å². The van der Waals surface area contributed by atoms with Crippen LogP contribution in [0.4, 0.5) is 0 Å². The van der Waals surface area contributed by atoms with E-state index in [2.05, 4.69) is 22.8 Å². The molecule has 0 aliphatic carbocycles. The van der Waals surface area contributed by atoms with Crippen molar-refractivity contribution in [3.05, 3.63) is 58.1 Å². The molecule has 2 atom stereocenters. The van der Waals surface area contributed by atoms with E-state index in [0.717, 1.165) is 32.4 Å². The number of ether oxygens (including phenoxy) is 3. The number of aryl methyl sites for hydroxylation is 1. The molecule has 1 fully saturated rings. The molecule has 0 spiro atoms. The van der Waals surface area contributed by atoms with Gasteiger partial charge in [-0.25, -0.2) is 0 Å². The third-order valence-electron chi connectivity index (χ3n) is 5.94. The maximum Gasteiger partial charge on any atom is 0.258 e. The normalized spacial score (nSPS) is 17.6. The summed E-state index contributed by atoms with van der Waals surface area (Å²) in [5.74, 6) is -0.315. The van der Waals surface area contributed by atoms with Crippen LogP contribution in [-0.4, -0.2) is 56.6 Å². The van der Waals surface area contributed by atoms with Gasteiger partial charge in [0, 0.05) is 32.3 Å². The van der Waals surface area contributed by atoms with Gasteiger partial charge in [0.1, 0.15) is 11.3 Å². The van der Waals surface area contributed by atoms with Crippen LogP contribution >= 0.6 is 11.6 Å². The van der Waals surface area contributed by atoms with Gasteiger partial charge in [0.2, 0.25) is 0 Å². The van der Waals surface area contributed by atoms with Crippen LogP contribution in [0.25, 0.3) is 0 Å². The minimum atomic E-state index is -0.409. The van der Waals surface area contributed by atoms with Crippen molar-refractivity contribution in [1.82, 2.24) is 10.6 Å². The van der Waals surface area contributed by atoms with Crippen molar-refractivity contribution < 1.29 is 24.1 Å². The average Bonchev–Trinajstić information content (AvgIpc) is 3.31. The number of hydrogen-bond acceptors (Lipinski definition) is 6. The number of carbonyl (C=O) groups is 1. The number of phenolic OH excluding ortho intramolecular Hbond substituents is 1. The first kappa shape index (κ1) is 26.3. The fourth-order valence-electron chi connectivity index (χ4n) is 4.04. The molecule has 7 nitrogen and oxygen atoms in total. The molecule has 1 aliphatic rings. The molecule has 3 N–H and O–H groups in total. The van der Waals surface area contributed by atoms with Gasteiger partial charge in [-0.2, -0.15) is 0 Å². The summed E-state index contributed by atoms with van der Waals surface area (Å²) < 4.78 is 17.0. The molecule has 0 aromatic heterocycles. The van der Waals surface area contributed by atoms with E-state index in [1.54, 1.807) is 6.07 Å². The molecule has 3 rings (SSSR count). The molecule has 34 heavy (non-hydrogen) atoms. The Hall–Kier alpha value is -2.32. The lowest BCUT2D eigenvalue weighted by molar-refractivity contribution is 0.0537. The Labute approximate surface area is 206 Å². The lowest BCUT2D eigenvalue weighted by atomic mass is 10.0. The van der Waals surface area contributed by atoms with Gasteiger partial charge in [0.15, 0.2) is 5.75 Å². The van der Waals surface area contributed by atoms with Gasteiger partial charge in [-0.15, -0.1) is 0 Å². The molecule has 1 aliphatic heterocycles. The van der Waals surface area contributed by atoms with E-state index in [1.165, 1.54) is 12.7 Å². The Balaban J connectivity index is 1.34. The first-order valence-corrected chi connectivity index (χ1v) is 12.2. The average molecular weight is 491 g/mol. The highest BCUT2D eigenvalue weighted by atomic mass is 35.5. The molecular weight excluding hydrogens is 456 g/mol. The minimum Gasteiger partial charge on any atom is -0.507 e. The lowest BCUT2D eigenvalue weighted by Gasteiger charge is -2.17. The Morgan fingerprint density at radius 1 is 1.24 bits per heavy atom.